The van der Waals surface area contributed by atoms with Crippen molar-refractivity contribution in [2.45, 2.75) is 52.4 Å². The molecule has 1 amide bonds. The predicted molar refractivity (Wildman–Crippen MR) is 89.9 cm³/mol. The summed E-state index contributed by atoms with van der Waals surface area (Å²) < 4.78 is 0. The molecule has 1 N–H and O–H groups in total. The normalized spacial score (nSPS) is 42.4. The fourth-order valence-corrected chi connectivity index (χ4v) is 6.70. The van der Waals surface area contributed by atoms with E-state index in [1.165, 1.54) is 19.3 Å². The van der Waals surface area contributed by atoms with Crippen LogP contribution in [0, 0.1) is 22.2 Å². The maximum atomic E-state index is 13.1. The van der Waals surface area contributed by atoms with E-state index in [0.29, 0.717) is 15.9 Å². The van der Waals surface area contributed by atoms with Crippen LogP contribution in [0.4, 0.5) is 5.69 Å². The van der Waals surface area contributed by atoms with Crippen LogP contribution in [0.1, 0.15) is 52.4 Å². The Hall–Kier alpha value is -1.02. The SMILES string of the molecule is CC12CC3CC(C)(C1)CC(C(=O)Nc1ccccc1Cl)(C3)C2. The first-order valence-corrected chi connectivity index (χ1v) is 8.76. The van der Waals surface area contributed by atoms with Crippen LogP contribution in [0.2, 0.25) is 5.02 Å². The second kappa shape index (κ2) is 4.50. The first-order valence-electron chi connectivity index (χ1n) is 8.38. The molecular weight excluding hydrogens is 294 g/mol. The number of anilines is 1. The number of para-hydroxylation sites is 1. The second-order valence-electron chi connectivity index (χ2n) is 8.84. The molecule has 0 radical (unpaired) electrons. The molecule has 1 aromatic rings. The number of carbonyl (C=O) groups is 1. The number of hydrogen-bond donors (Lipinski definition) is 1. The van der Waals surface area contributed by atoms with Gasteiger partial charge in [-0.25, -0.2) is 0 Å². The van der Waals surface area contributed by atoms with Gasteiger partial charge >= 0.3 is 0 Å². The molecule has 3 heteroatoms. The zero-order chi connectivity index (χ0) is 15.6. The van der Waals surface area contributed by atoms with Gasteiger partial charge in [0.05, 0.1) is 16.1 Å². The van der Waals surface area contributed by atoms with Gasteiger partial charge in [-0.2, -0.15) is 0 Å². The highest BCUT2D eigenvalue weighted by atomic mass is 35.5. The van der Waals surface area contributed by atoms with Crippen molar-refractivity contribution in [3.8, 4) is 0 Å². The van der Waals surface area contributed by atoms with Gasteiger partial charge in [0.15, 0.2) is 0 Å². The molecule has 0 heterocycles. The summed E-state index contributed by atoms with van der Waals surface area (Å²) in [5, 5.41) is 3.75. The molecule has 2 unspecified atom stereocenters. The van der Waals surface area contributed by atoms with Crippen molar-refractivity contribution in [3.05, 3.63) is 29.3 Å². The van der Waals surface area contributed by atoms with Crippen LogP contribution < -0.4 is 5.32 Å². The molecule has 4 aliphatic rings. The summed E-state index contributed by atoms with van der Waals surface area (Å²) in [5.74, 6) is 0.922. The largest absolute Gasteiger partial charge is 0.324 e. The van der Waals surface area contributed by atoms with Gasteiger partial charge in [-0.3, -0.25) is 4.79 Å². The van der Waals surface area contributed by atoms with E-state index >= 15 is 0 Å². The van der Waals surface area contributed by atoms with Crippen LogP contribution in [0.25, 0.3) is 0 Å². The molecule has 118 valence electrons. The van der Waals surface area contributed by atoms with E-state index in [1.54, 1.807) is 0 Å². The van der Waals surface area contributed by atoms with Crippen LogP contribution in [0.15, 0.2) is 24.3 Å². The van der Waals surface area contributed by atoms with E-state index < -0.39 is 0 Å². The number of halogens is 1. The van der Waals surface area contributed by atoms with Gasteiger partial charge in [-0.05, 0) is 67.4 Å². The van der Waals surface area contributed by atoms with E-state index in [2.05, 4.69) is 19.2 Å². The number of benzene rings is 1. The topological polar surface area (TPSA) is 29.1 Å². The summed E-state index contributed by atoms with van der Waals surface area (Å²) in [5.41, 5.74) is 1.28. The van der Waals surface area contributed by atoms with E-state index in [0.717, 1.165) is 30.9 Å². The third-order valence-electron chi connectivity index (χ3n) is 6.23. The average molecular weight is 318 g/mol. The number of nitrogens with one attached hydrogen (secondary N) is 1. The second-order valence-corrected chi connectivity index (χ2v) is 9.25. The zero-order valence-corrected chi connectivity index (χ0v) is 14.2. The van der Waals surface area contributed by atoms with E-state index in [1.807, 2.05) is 24.3 Å². The molecule has 2 nitrogen and oxygen atoms in total. The fourth-order valence-electron chi connectivity index (χ4n) is 6.52. The first-order chi connectivity index (χ1) is 10.3. The number of rotatable bonds is 2. The molecule has 0 aromatic heterocycles. The zero-order valence-electron chi connectivity index (χ0n) is 13.4. The van der Waals surface area contributed by atoms with Crippen molar-refractivity contribution in [3.63, 3.8) is 0 Å². The third-order valence-corrected chi connectivity index (χ3v) is 6.56. The maximum absolute atomic E-state index is 13.1. The minimum atomic E-state index is -0.178. The quantitative estimate of drug-likeness (QED) is 0.790. The molecule has 0 spiro atoms. The molecular formula is C19H24ClNO. The third kappa shape index (κ3) is 2.19. The van der Waals surface area contributed by atoms with Gasteiger partial charge < -0.3 is 5.32 Å². The van der Waals surface area contributed by atoms with Gasteiger partial charge in [0.2, 0.25) is 5.91 Å². The smallest absolute Gasteiger partial charge is 0.230 e. The minimum absolute atomic E-state index is 0.178. The predicted octanol–water partition coefficient (Wildman–Crippen LogP) is 5.28. The number of amides is 1. The summed E-state index contributed by atoms with van der Waals surface area (Å²) in [6.45, 7) is 4.79. The molecule has 1 aromatic carbocycles. The molecule has 4 fully saturated rings. The minimum Gasteiger partial charge on any atom is -0.324 e. The summed E-state index contributed by atoms with van der Waals surface area (Å²) in [4.78, 5) is 13.1. The van der Waals surface area contributed by atoms with Gasteiger partial charge in [-0.15, -0.1) is 0 Å². The Morgan fingerprint density at radius 1 is 1.09 bits per heavy atom. The van der Waals surface area contributed by atoms with Crippen molar-refractivity contribution in [1.29, 1.82) is 0 Å². The van der Waals surface area contributed by atoms with Crippen LogP contribution >= 0.6 is 11.6 Å². The van der Waals surface area contributed by atoms with Crippen LogP contribution in [-0.2, 0) is 4.79 Å². The molecule has 4 saturated carbocycles. The molecule has 0 saturated heterocycles. The highest BCUT2D eigenvalue weighted by molar-refractivity contribution is 6.33. The van der Waals surface area contributed by atoms with E-state index in [9.17, 15) is 4.79 Å². The van der Waals surface area contributed by atoms with Crippen molar-refractivity contribution in [2.24, 2.45) is 22.2 Å². The van der Waals surface area contributed by atoms with Crippen molar-refractivity contribution >= 4 is 23.2 Å². The molecule has 0 aliphatic heterocycles. The molecule has 5 rings (SSSR count). The van der Waals surface area contributed by atoms with Crippen LogP contribution in [0.5, 0.6) is 0 Å². The Bertz CT molecular complexity index is 622. The van der Waals surface area contributed by atoms with Crippen molar-refractivity contribution in [1.82, 2.24) is 0 Å². The Morgan fingerprint density at radius 2 is 1.73 bits per heavy atom. The van der Waals surface area contributed by atoms with Crippen LogP contribution in [-0.4, -0.2) is 5.91 Å². The van der Waals surface area contributed by atoms with E-state index in [4.69, 9.17) is 11.6 Å². The Labute approximate surface area is 137 Å². The monoisotopic (exact) mass is 317 g/mol. The summed E-state index contributed by atoms with van der Waals surface area (Å²) in [6, 6.07) is 7.54. The van der Waals surface area contributed by atoms with Gasteiger partial charge in [-0.1, -0.05) is 37.6 Å². The molecule has 22 heavy (non-hydrogen) atoms. The van der Waals surface area contributed by atoms with E-state index in [-0.39, 0.29) is 11.3 Å². The van der Waals surface area contributed by atoms with Gasteiger partial charge in [0.25, 0.3) is 0 Å². The fraction of sp³-hybridized carbons (Fsp3) is 0.632. The highest BCUT2D eigenvalue weighted by Gasteiger charge is 2.62. The highest BCUT2D eigenvalue weighted by Crippen LogP contribution is 2.69. The number of hydrogen-bond acceptors (Lipinski definition) is 1. The molecule has 4 bridgehead atoms. The Kier molecular flexibility index (Phi) is 2.98. The lowest BCUT2D eigenvalue weighted by atomic mass is 9.40. The lowest BCUT2D eigenvalue weighted by Gasteiger charge is -2.64. The summed E-state index contributed by atoms with van der Waals surface area (Å²) in [6.07, 6.45) is 7.06. The molecule has 4 aliphatic carbocycles. The Morgan fingerprint density at radius 3 is 2.32 bits per heavy atom. The van der Waals surface area contributed by atoms with Gasteiger partial charge in [0, 0.05) is 0 Å². The summed E-state index contributed by atoms with van der Waals surface area (Å²) >= 11 is 6.22. The Balaban J connectivity index is 1.64. The summed E-state index contributed by atoms with van der Waals surface area (Å²) in [7, 11) is 0. The standard InChI is InChI=1S/C19H24ClNO/c1-17-7-13-8-18(2,10-17)12-19(9-13,11-17)16(22)21-15-6-4-3-5-14(15)20/h3-6,13H,7-12H2,1-2H3,(H,21,22). The lowest BCUT2D eigenvalue weighted by molar-refractivity contribution is -0.165. The average Bonchev–Trinajstić information content (AvgIpc) is 2.37. The first kappa shape index (κ1) is 14.6. The van der Waals surface area contributed by atoms with Crippen molar-refractivity contribution < 1.29 is 4.79 Å². The number of carbonyl (C=O) groups excluding carboxylic acids is 1. The molecule has 2 atom stereocenters. The van der Waals surface area contributed by atoms with Crippen molar-refractivity contribution in [2.75, 3.05) is 5.32 Å². The maximum Gasteiger partial charge on any atom is 0.230 e. The van der Waals surface area contributed by atoms with Gasteiger partial charge in [0.1, 0.15) is 0 Å². The van der Waals surface area contributed by atoms with Crippen LogP contribution in [0.3, 0.4) is 0 Å². The lowest BCUT2D eigenvalue weighted by Crippen LogP contribution is -2.58.